The van der Waals surface area contributed by atoms with E-state index in [9.17, 15) is 9.59 Å². The lowest BCUT2D eigenvalue weighted by Gasteiger charge is -2.08. The van der Waals surface area contributed by atoms with Crippen molar-refractivity contribution in [3.8, 4) is 11.5 Å². The number of hydrogen-bond acceptors (Lipinski definition) is 4. The lowest BCUT2D eigenvalue weighted by Crippen LogP contribution is -2.09. The van der Waals surface area contributed by atoms with Gasteiger partial charge in [0.15, 0.2) is 5.76 Å². The average Bonchev–Trinajstić information content (AvgIpc) is 2.99. The maximum absolute atomic E-state index is 12.6. The molecule has 0 amide bonds. The molecule has 5 heteroatoms. The Hall–Kier alpha value is -3.18. The quantitative estimate of drug-likeness (QED) is 0.306. The van der Waals surface area contributed by atoms with E-state index in [1.165, 1.54) is 0 Å². The van der Waals surface area contributed by atoms with Gasteiger partial charge in [-0.15, -0.1) is 0 Å². The second-order valence-electron chi connectivity index (χ2n) is 6.37. The number of ether oxygens (including phenoxy) is 2. The molecule has 0 bridgehead atoms. The first-order valence-corrected chi connectivity index (χ1v) is 9.42. The normalized spacial score (nSPS) is 13.9. The first kappa shape index (κ1) is 18.2. The van der Waals surface area contributed by atoms with Crippen molar-refractivity contribution < 1.29 is 19.1 Å². The van der Waals surface area contributed by atoms with Gasteiger partial charge in [-0.05, 0) is 49.4 Å². The highest BCUT2D eigenvalue weighted by atomic mass is 79.9. The Kier molecular flexibility index (Phi) is 4.84. The number of para-hydroxylation sites is 1. The monoisotopic (exact) mass is 434 g/mol. The number of fused-ring (bicyclic) bond motifs is 1. The Bertz CT molecular complexity index is 1110. The van der Waals surface area contributed by atoms with Gasteiger partial charge in [0.1, 0.15) is 11.5 Å². The fourth-order valence-corrected chi connectivity index (χ4v) is 3.20. The second kappa shape index (κ2) is 7.44. The molecule has 138 valence electrons. The Morgan fingerprint density at radius 1 is 1.04 bits per heavy atom. The third-order valence-electron chi connectivity index (χ3n) is 4.33. The van der Waals surface area contributed by atoms with Crippen molar-refractivity contribution >= 4 is 33.8 Å². The van der Waals surface area contributed by atoms with E-state index in [0.717, 1.165) is 10.0 Å². The molecule has 1 heterocycles. The van der Waals surface area contributed by atoms with Crippen LogP contribution in [0.2, 0.25) is 0 Å². The molecular weight excluding hydrogens is 420 g/mol. The van der Waals surface area contributed by atoms with E-state index in [0.29, 0.717) is 28.2 Å². The van der Waals surface area contributed by atoms with E-state index in [1.807, 2.05) is 25.1 Å². The molecule has 3 aromatic carbocycles. The first-order chi connectivity index (χ1) is 13.5. The van der Waals surface area contributed by atoms with E-state index >= 15 is 0 Å². The van der Waals surface area contributed by atoms with Crippen LogP contribution in [0.25, 0.3) is 6.08 Å². The number of benzene rings is 3. The minimum Gasteiger partial charge on any atom is -0.452 e. The fourth-order valence-electron chi connectivity index (χ4n) is 2.84. The number of hydrogen-bond donors (Lipinski definition) is 0. The highest BCUT2D eigenvalue weighted by molar-refractivity contribution is 9.10. The van der Waals surface area contributed by atoms with E-state index in [1.54, 1.807) is 54.6 Å². The zero-order valence-corrected chi connectivity index (χ0v) is 16.5. The molecule has 0 spiro atoms. The van der Waals surface area contributed by atoms with Crippen LogP contribution in [-0.4, -0.2) is 11.8 Å². The predicted octanol–water partition coefficient (Wildman–Crippen LogP) is 5.59. The first-order valence-electron chi connectivity index (χ1n) is 8.63. The number of carbonyl (C=O) groups excluding carboxylic acids is 2. The summed E-state index contributed by atoms with van der Waals surface area (Å²) in [4.78, 5) is 25.1. The molecule has 0 radical (unpaired) electrons. The van der Waals surface area contributed by atoms with Crippen LogP contribution in [0.4, 0.5) is 0 Å². The molecule has 0 saturated carbocycles. The smallest absolute Gasteiger partial charge is 0.343 e. The number of aryl methyl sites for hydroxylation is 1. The van der Waals surface area contributed by atoms with E-state index in [2.05, 4.69) is 15.9 Å². The number of carbonyl (C=O) groups is 2. The molecule has 0 fully saturated rings. The average molecular weight is 435 g/mol. The van der Waals surface area contributed by atoms with Gasteiger partial charge in [0.05, 0.1) is 11.1 Å². The second-order valence-corrected chi connectivity index (χ2v) is 7.29. The number of allylic oxidation sites excluding steroid dienone is 1. The third kappa shape index (κ3) is 3.62. The Labute approximate surface area is 170 Å². The van der Waals surface area contributed by atoms with Gasteiger partial charge in [0, 0.05) is 10.0 Å². The molecule has 0 N–H and O–H groups in total. The molecule has 0 aromatic heterocycles. The number of halogens is 1. The minimum absolute atomic E-state index is 0.187. The molecule has 1 aliphatic rings. The van der Waals surface area contributed by atoms with Crippen LogP contribution in [0.3, 0.4) is 0 Å². The van der Waals surface area contributed by atoms with Crippen LogP contribution < -0.4 is 9.47 Å². The summed E-state index contributed by atoms with van der Waals surface area (Å²) in [6.07, 6.45) is 1.59. The highest BCUT2D eigenvalue weighted by Crippen LogP contribution is 2.34. The highest BCUT2D eigenvalue weighted by Gasteiger charge is 2.27. The number of ketones is 1. The van der Waals surface area contributed by atoms with Crippen molar-refractivity contribution in [1.29, 1.82) is 0 Å². The van der Waals surface area contributed by atoms with Gasteiger partial charge in [0.25, 0.3) is 0 Å². The molecule has 0 atom stereocenters. The number of rotatable bonds is 3. The minimum atomic E-state index is -0.461. The maximum atomic E-state index is 12.6. The lowest BCUT2D eigenvalue weighted by atomic mass is 10.1. The third-order valence-corrected chi connectivity index (χ3v) is 4.82. The summed E-state index contributed by atoms with van der Waals surface area (Å²) < 4.78 is 12.0. The molecule has 0 saturated heterocycles. The van der Waals surface area contributed by atoms with Crippen molar-refractivity contribution in [3.05, 3.63) is 99.2 Å². The van der Waals surface area contributed by atoms with E-state index in [-0.39, 0.29) is 11.5 Å². The topological polar surface area (TPSA) is 52.6 Å². The number of esters is 1. The Balaban J connectivity index is 1.62. The molecule has 0 unspecified atom stereocenters. The van der Waals surface area contributed by atoms with Crippen LogP contribution in [0.5, 0.6) is 11.5 Å². The van der Waals surface area contributed by atoms with Crippen molar-refractivity contribution in [2.24, 2.45) is 0 Å². The van der Waals surface area contributed by atoms with Crippen LogP contribution in [0.15, 0.2) is 77.0 Å². The summed E-state index contributed by atoms with van der Waals surface area (Å²) in [6.45, 7) is 1.95. The maximum Gasteiger partial charge on any atom is 0.343 e. The summed E-state index contributed by atoms with van der Waals surface area (Å²) >= 11 is 3.36. The summed E-state index contributed by atoms with van der Waals surface area (Å²) in [7, 11) is 0. The lowest BCUT2D eigenvalue weighted by molar-refractivity contribution is 0.0734. The zero-order valence-electron chi connectivity index (χ0n) is 14.9. The molecule has 0 aliphatic carbocycles. The largest absolute Gasteiger partial charge is 0.452 e. The Morgan fingerprint density at radius 3 is 2.57 bits per heavy atom. The van der Waals surface area contributed by atoms with Gasteiger partial charge in [-0.25, -0.2) is 4.79 Å². The van der Waals surface area contributed by atoms with Gasteiger partial charge in [0.2, 0.25) is 5.78 Å². The van der Waals surface area contributed by atoms with Crippen LogP contribution >= 0.6 is 15.9 Å². The van der Waals surface area contributed by atoms with Gasteiger partial charge < -0.3 is 9.47 Å². The van der Waals surface area contributed by atoms with Gasteiger partial charge in [-0.1, -0.05) is 51.8 Å². The van der Waals surface area contributed by atoms with Crippen molar-refractivity contribution in [1.82, 2.24) is 0 Å². The van der Waals surface area contributed by atoms with Gasteiger partial charge in [-0.3, -0.25) is 4.79 Å². The van der Waals surface area contributed by atoms with Crippen molar-refractivity contribution in [3.63, 3.8) is 0 Å². The van der Waals surface area contributed by atoms with E-state index < -0.39 is 5.97 Å². The van der Waals surface area contributed by atoms with Crippen molar-refractivity contribution in [2.75, 3.05) is 0 Å². The molecule has 1 aliphatic heterocycles. The van der Waals surface area contributed by atoms with Crippen molar-refractivity contribution in [2.45, 2.75) is 6.92 Å². The molecule has 28 heavy (non-hydrogen) atoms. The van der Waals surface area contributed by atoms with Crippen LogP contribution in [-0.2, 0) is 0 Å². The van der Waals surface area contributed by atoms with E-state index in [4.69, 9.17) is 9.47 Å². The molecule has 4 rings (SSSR count). The fraction of sp³-hybridized carbons (Fsp3) is 0.0435. The summed E-state index contributed by atoms with van der Waals surface area (Å²) in [5.74, 6) is 0.377. The molecule has 3 aromatic rings. The number of Topliss-reactive ketones (excluding diaryl/α,β-unsaturated/α-hetero) is 1. The van der Waals surface area contributed by atoms with Crippen LogP contribution in [0, 0.1) is 6.92 Å². The van der Waals surface area contributed by atoms with Gasteiger partial charge in [-0.2, -0.15) is 0 Å². The summed E-state index contributed by atoms with van der Waals surface area (Å²) in [5, 5.41) is 0. The zero-order chi connectivity index (χ0) is 19.7. The molecule has 4 nitrogen and oxygen atoms in total. The molecular formula is C23H15BrO4. The Morgan fingerprint density at radius 2 is 1.79 bits per heavy atom. The SMILES string of the molecule is Cc1ccc(C(=O)Oc2ccccc2/C=C2\Oc3ccc(Br)cc3C2=O)cc1. The summed E-state index contributed by atoms with van der Waals surface area (Å²) in [5.41, 5.74) is 2.59. The van der Waals surface area contributed by atoms with Crippen LogP contribution in [0.1, 0.15) is 31.8 Å². The van der Waals surface area contributed by atoms with Gasteiger partial charge >= 0.3 is 5.97 Å². The predicted molar refractivity (Wildman–Crippen MR) is 110 cm³/mol. The standard InChI is InChI=1S/C23H15BrO4/c1-14-6-8-15(9-7-14)23(26)28-19-5-3-2-4-16(19)12-21-22(25)18-13-17(24)10-11-20(18)27-21/h2-13H,1H3/b21-12-. The summed E-state index contributed by atoms with van der Waals surface area (Å²) in [6, 6.07) is 19.4.